The average Bonchev–Trinajstić information content (AvgIpc) is 2.99. The van der Waals surface area contributed by atoms with Crippen LogP contribution in [-0.2, 0) is 6.42 Å². The van der Waals surface area contributed by atoms with E-state index in [-0.39, 0.29) is 40.0 Å². The molecule has 12 heteroatoms. The summed E-state index contributed by atoms with van der Waals surface area (Å²) in [7, 11) is 0. The fraction of sp³-hybridized carbons (Fsp3) is 0.188. The number of anilines is 1. The van der Waals surface area contributed by atoms with E-state index in [9.17, 15) is 22.0 Å². The highest BCUT2D eigenvalue weighted by atomic mass is 35.5. The summed E-state index contributed by atoms with van der Waals surface area (Å²) in [6, 6.07) is 6.62. The first-order chi connectivity index (χ1) is 13.1. The summed E-state index contributed by atoms with van der Waals surface area (Å²) in [6.07, 6.45) is -4.08. The molecule has 0 spiro atoms. The second kappa shape index (κ2) is 7.58. The molecule has 0 aliphatic carbocycles. The van der Waals surface area contributed by atoms with Crippen LogP contribution in [0.3, 0.4) is 0 Å². The van der Waals surface area contributed by atoms with Crippen molar-refractivity contribution < 1.29 is 26.7 Å². The van der Waals surface area contributed by atoms with Crippen molar-refractivity contribution in [2.75, 3.05) is 5.73 Å². The van der Waals surface area contributed by atoms with Crippen LogP contribution in [0.15, 0.2) is 36.5 Å². The van der Waals surface area contributed by atoms with Gasteiger partial charge in [0.1, 0.15) is 16.6 Å². The van der Waals surface area contributed by atoms with Crippen LogP contribution < -0.4 is 10.5 Å². The van der Waals surface area contributed by atoms with E-state index in [2.05, 4.69) is 19.8 Å². The largest absolute Gasteiger partial charge is 0.573 e. The van der Waals surface area contributed by atoms with Crippen molar-refractivity contribution in [1.82, 2.24) is 19.7 Å². The number of hydrogen-bond donors (Lipinski definition) is 1. The van der Waals surface area contributed by atoms with Crippen molar-refractivity contribution in [3.8, 4) is 17.1 Å². The van der Waals surface area contributed by atoms with Gasteiger partial charge in [0.25, 0.3) is 0 Å². The molecule has 0 radical (unpaired) electrons. The van der Waals surface area contributed by atoms with Gasteiger partial charge in [-0.3, -0.25) is 0 Å². The molecule has 2 heterocycles. The second-order valence-corrected chi connectivity index (χ2v) is 5.91. The lowest BCUT2D eigenvalue weighted by Gasteiger charge is -2.13. The van der Waals surface area contributed by atoms with Gasteiger partial charge in [0, 0.05) is 24.2 Å². The SMILES string of the molecule is Nc1nc(Cl)cc(-c2nn(C(F)F)cc2Cc2ccccc2OC(F)(F)F)n1. The summed E-state index contributed by atoms with van der Waals surface area (Å²) >= 11 is 5.82. The minimum atomic E-state index is -4.90. The number of ether oxygens (including phenoxy) is 1. The van der Waals surface area contributed by atoms with Crippen molar-refractivity contribution >= 4 is 17.5 Å². The molecule has 28 heavy (non-hydrogen) atoms. The van der Waals surface area contributed by atoms with Crippen LogP contribution in [0.2, 0.25) is 5.15 Å². The lowest BCUT2D eigenvalue weighted by atomic mass is 10.0. The first-order valence-corrected chi connectivity index (χ1v) is 8.00. The molecule has 6 nitrogen and oxygen atoms in total. The van der Waals surface area contributed by atoms with E-state index in [0.717, 1.165) is 12.3 Å². The molecule has 0 amide bonds. The van der Waals surface area contributed by atoms with Crippen LogP contribution in [0, 0.1) is 0 Å². The minimum Gasteiger partial charge on any atom is -0.405 e. The van der Waals surface area contributed by atoms with Gasteiger partial charge in [0.2, 0.25) is 5.95 Å². The van der Waals surface area contributed by atoms with Gasteiger partial charge in [0.15, 0.2) is 0 Å². The summed E-state index contributed by atoms with van der Waals surface area (Å²) < 4.78 is 68.5. The molecule has 3 aromatic rings. The van der Waals surface area contributed by atoms with Crippen molar-refractivity contribution in [2.45, 2.75) is 19.3 Å². The van der Waals surface area contributed by atoms with E-state index in [0.29, 0.717) is 4.68 Å². The Morgan fingerprint density at radius 3 is 2.50 bits per heavy atom. The predicted octanol–water partition coefficient (Wildman–Crippen LogP) is 4.46. The van der Waals surface area contributed by atoms with E-state index < -0.39 is 18.7 Å². The monoisotopic (exact) mass is 419 g/mol. The van der Waals surface area contributed by atoms with Crippen molar-refractivity contribution in [3.05, 3.63) is 52.8 Å². The summed E-state index contributed by atoms with van der Waals surface area (Å²) in [5, 5.41) is 3.72. The van der Waals surface area contributed by atoms with Gasteiger partial charge in [-0.2, -0.15) is 13.9 Å². The zero-order valence-corrected chi connectivity index (χ0v) is 14.5. The average molecular weight is 420 g/mol. The quantitative estimate of drug-likeness (QED) is 0.488. The van der Waals surface area contributed by atoms with Crippen molar-refractivity contribution in [2.24, 2.45) is 0 Å². The third kappa shape index (κ3) is 4.66. The Bertz CT molecular complexity index is 972. The molecular weight excluding hydrogens is 409 g/mol. The van der Waals surface area contributed by atoms with Crippen LogP contribution >= 0.6 is 11.6 Å². The first-order valence-electron chi connectivity index (χ1n) is 7.62. The molecule has 1 aromatic carbocycles. The molecule has 0 saturated carbocycles. The summed E-state index contributed by atoms with van der Waals surface area (Å²) in [4.78, 5) is 7.59. The predicted molar refractivity (Wildman–Crippen MR) is 89.9 cm³/mol. The van der Waals surface area contributed by atoms with E-state index in [4.69, 9.17) is 17.3 Å². The normalized spacial score (nSPS) is 11.8. The van der Waals surface area contributed by atoms with Crippen LogP contribution in [0.25, 0.3) is 11.4 Å². The fourth-order valence-electron chi connectivity index (χ4n) is 2.51. The van der Waals surface area contributed by atoms with Crippen LogP contribution in [0.1, 0.15) is 17.7 Å². The molecule has 0 saturated heterocycles. The highest BCUT2D eigenvalue weighted by molar-refractivity contribution is 6.29. The Morgan fingerprint density at radius 2 is 1.86 bits per heavy atom. The van der Waals surface area contributed by atoms with E-state index in [1.54, 1.807) is 0 Å². The molecular formula is C16H11ClF5N5O. The van der Waals surface area contributed by atoms with Gasteiger partial charge in [-0.05, 0) is 11.6 Å². The Morgan fingerprint density at radius 1 is 1.14 bits per heavy atom. The lowest BCUT2D eigenvalue weighted by molar-refractivity contribution is -0.274. The molecule has 0 atom stereocenters. The molecule has 2 N–H and O–H groups in total. The molecule has 0 aliphatic heterocycles. The number of halogens is 6. The summed E-state index contributed by atoms with van der Waals surface area (Å²) in [6.45, 7) is -2.97. The van der Waals surface area contributed by atoms with Crippen molar-refractivity contribution in [3.63, 3.8) is 0 Å². The topological polar surface area (TPSA) is 78.8 Å². The summed E-state index contributed by atoms with van der Waals surface area (Å²) in [5.74, 6) is -0.660. The number of benzene rings is 1. The van der Waals surface area contributed by atoms with Crippen LogP contribution in [-0.4, -0.2) is 26.1 Å². The fourth-order valence-corrected chi connectivity index (χ4v) is 2.70. The Balaban J connectivity index is 2.06. The van der Waals surface area contributed by atoms with Gasteiger partial charge < -0.3 is 10.5 Å². The number of nitrogens with zero attached hydrogens (tertiary/aromatic N) is 4. The number of alkyl halides is 5. The molecule has 3 rings (SSSR count). The van der Waals surface area contributed by atoms with Crippen molar-refractivity contribution in [1.29, 1.82) is 0 Å². The first kappa shape index (κ1) is 19.8. The lowest BCUT2D eigenvalue weighted by Crippen LogP contribution is -2.18. The van der Waals surface area contributed by atoms with E-state index in [1.807, 2.05) is 0 Å². The maximum Gasteiger partial charge on any atom is 0.573 e. The number of nitrogen functional groups attached to an aromatic ring is 1. The highest BCUT2D eigenvalue weighted by Crippen LogP contribution is 2.31. The Labute approximate surface area is 159 Å². The molecule has 0 fully saturated rings. The molecule has 0 unspecified atom stereocenters. The van der Waals surface area contributed by atoms with Crippen LogP contribution in [0.5, 0.6) is 5.75 Å². The van der Waals surface area contributed by atoms with E-state index in [1.165, 1.54) is 24.3 Å². The number of rotatable bonds is 5. The smallest absolute Gasteiger partial charge is 0.405 e. The van der Waals surface area contributed by atoms with Gasteiger partial charge in [0.05, 0.1) is 5.69 Å². The third-order valence-corrected chi connectivity index (χ3v) is 3.74. The molecule has 0 aliphatic rings. The number of hydrogen-bond acceptors (Lipinski definition) is 5. The second-order valence-electron chi connectivity index (χ2n) is 5.53. The maximum atomic E-state index is 13.1. The molecule has 148 valence electrons. The minimum absolute atomic E-state index is 0.0156. The van der Waals surface area contributed by atoms with Gasteiger partial charge in [-0.1, -0.05) is 29.8 Å². The summed E-state index contributed by atoms with van der Waals surface area (Å²) in [5.41, 5.74) is 5.85. The van der Waals surface area contributed by atoms with Gasteiger partial charge >= 0.3 is 12.9 Å². The standard InChI is InChI=1S/C16H11ClF5N5O/c17-12-6-10(24-15(23)25-12)13-9(7-27(26-13)14(18)19)5-8-3-1-2-4-11(8)28-16(20,21)22/h1-4,6-7,14H,5H2,(H2,23,24,25). The number of aromatic nitrogens is 4. The highest BCUT2D eigenvalue weighted by Gasteiger charge is 2.32. The van der Waals surface area contributed by atoms with E-state index >= 15 is 0 Å². The molecule has 2 aromatic heterocycles. The zero-order valence-electron chi connectivity index (χ0n) is 13.8. The zero-order chi connectivity index (χ0) is 20.5. The third-order valence-electron chi connectivity index (χ3n) is 3.54. The Kier molecular flexibility index (Phi) is 5.36. The van der Waals surface area contributed by atoms with Gasteiger partial charge in [-0.15, -0.1) is 13.2 Å². The number of nitrogens with two attached hydrogens (primary N) is 1. The number of para-hydroxylation sites is 1. The van der Waals surface area contributed by atoms with Gasteiger partial charge in [-0.25, -0.2) is 14.6 Å². The Hall–Kier alpha value is -2.95. The molecule has 0 bridgehead atoms. The van der Waals surface area contributed by atoms with Crippen LogP contribution in [0.4, 0.5) is 27.9 Å². The maximum absolute atomic E-state index is 13.1.